The van der Waals surface area contributed by atoms with E-state index in [-0.39, 0.29) is 74.4 Å². The van der Waals surface area contributed by atoms with E-state index in [1.807, 2.05) is 0 Å². The van der Waals surface area contributed by atoms with Crippen molar-refractivity contribution in [2.45, 2.75) is 0 Å². The molecule has 0 rings (SSSR count). The fourth-order valence-corrected chi connectivity index (χ4v) is 1.07. The van der Waals surface area contributed by atoms with Crippen LogP contribution < -0.4 is 51.4 Å². The molecule has 0 heterocycles. The van der Waals surface area contributed by atoms with Gasteiger partial charge in [-0.2, -0.15) is 3.97 Å². The topological polar surface area (TPSA) is 124 Å². The zero-order valence-corrected chi connectivity index (χ0v) is 9.63. The van der Waals surface area contributed by atoms with Gasteiger partial charge in [-0.15, -0.1) is 0 Å². The summed E-state index contributed by atoms with van der Waals surface area (Å²) in [6.07, 6.45) is 0. The van der Waals surface area contributed by atoms with Gasteiger partial charge in [0.2, 0.25) is 10.4 Å². The van der Waals surface area contributed by atoms with E-state index in [0.29, 0.717) is 0 Å². The van der Waals surface area contributed by atoms with E-state index < -0.39 is 18.2 Å². The molecule has 0 aliphatic carbocycles. The average molecular weight is 242 g/mol. The smallest absolute Gasteiger partial charge is 0.725 e. The van der Waals surface area contributed by atoms with Crippen LogP contribution in [0, 0.1) is 0 Å². The Balaban J connectivity index is -0.000000320. The van der Waals surface area contributed by atoms with E-state index in [1.54, 1.807) is 0 Å². The van der Waals surface area contributed by atoms with Crippen molar-refractivity contribution in [3.8, 4) is 0 Å². The number of hydrogen-bond acceptors (Lipinski definition) is 5. The fourth-order valence-electron chi connectivity index (χ4n) is 0.119. The molecule has 0 amide bonds. The van der Waals surface area contributed by atoms with Crippen molar-refractivity contribution in [1.29, 1.82) is 0 Å². The van der Waals surface area contributed by atoms with Crippen LogP contribution in [0.2, 0.25) is 0 Å². The normalized spacial score (nSPS) is 11.2. The number of hydrogen-bond donors (Lipinski definition) is 2. The Morgan fingerprint density at radius 2 is 1.64 bits per heavy atom. The Bertz CT molecular complexity index is 225. The summed E-state index contributed by atoms with van der Waals surface area (Å²) < 4.78 is 40.4. The fraction of sp³-hybridized carbons (Fsp3) is 0. The standard InChI is InChI=1S/K.Mg.H3O7PS.2H/c;;1-8(2,3)7-9(4,5)6;;/h;;(H2,1,2,3)(H,4,5,6);;/q+1;;;;/p-1. The Kier molecular flexibility index (Phi) is 11.8. The van der Waals surface area contributed by atoms with Crippen LogP contribution in [0.15, 0.2) is 0 Å². The average Bonchev–Trinajstić information content (AvgIpc) is 1.14. The Morgan fingerprint density at radius 3 is 1.64 bits per heavy atom. The summed E-state index contributed by atoms with van der Waals surface area (Å²) in [6.45, 7) is 0. The third kappa shape index (κ3) is 19.0. The summed E-state index contributed by atoms with van der Waals surface area (Å²) in [5.74, 6) is 0. The zero-order valence-electron chi connectivity index (χ0n) is 4.79. The Hall–Kier alpha value is 2.42. The first-order valence-corrected chi connectivity index (χ1v) is 4.30. The van der Waals surface area contributed by atoms with Crippen LogP contribution in [-0.2, 0) is 18.9 Å². The molecule has 0 unspecified atom stereocenters. The second-order valence-electron chi connectivity index (χ2n) is 0.973. The van der Waals surface area contributed by atoms with Gasteiger partial charge in [0, 0.05) is 0 Å². The first-order chi connectivity index (χ1) is 3.71. The van der Waals surface area contributed by atoms with Gasteiger partial charge in [0.1, 0.15) is 0 Å². The zero-order chi connectivity index (χ0) is 7.71. The summed E-state index contributed by atoms with van der Waals surface area (Å²) >= 11 is 0. The molecule has 0 aliphatic rings. The minimum absolute atomic E-state index is 0. The summed E-state index contributed by atoms with van der Waals surface area (Å²) in [6, 6.07) is 0. The largest absolute Gasteiger partial charge is 1.00 e. The van der Waals surface area contributed by atoms with Crippen molar-refractivity contribution < 1.29 is 82.7 Å². The van der Waals surface area contributed by atoms with Crippen molar-refractivity contribution in [2.24, 2.45) is 0 Å². The van der Waals surface area contributed by atoms with E-state index in [4.69, 9.17) is 9.79 Å². The number of phosphoric acid groups is 1. The molecule has 2 N–H and O–H groups in total. The van der Waals surface area contributed by atoms with Gasteiger partial charge >= 0.3 is 82.3 Å². The van der Waals surface area contributed by atoms with Crippen molar-refractivity contribution in [1.82, 2.24) is 0 Å². The molecule has 0 spiro atoms. The number of rotatable bonds is 2. The molecule has 0 aromatic heterocycles. The van der Waals surface area contributed by atoms with Gasteiger partial charge in [0.25, 0.3) is 0 Å². The molecule has 0 saturated heterocycles. The van der Waals surface area contributed by atoms with E-state index in [1.165, 1.54) is 0 Å². The molecule has 0 bridgehead atoms. The maximum atomic E-state index is 9.54. The minimum atomic E-state index is -5.29. The van der Waals surface area contributed by atoms with Crippen LogP contribution in [0.25, 0.3) is 0 Å². The van der Waals surface area contributed by atoms with Gasteiger partial charge in [0.15, 0.2) is 0 Å². The van der Waals surface area contributed by atoms with Crippen LogP contribution in [0.5, 0.6) is 0 Å². The van der Waals surface area contributed by atoms with E-state index >= 15 is 0 Å². The predicted octanol–water partition coefficient (Wildman–Crippen LogP) is -5.36. The molecule has 60 valence electrons. The van der Waals surface area contributed by atoms with Crippen LogP contribution in [0.3, 0.4) is 0 Å². The van der Waals surface area contributed by atoms with E-state index in [2.05, 4.69) is 3.97 Å². The van der Waals surface area contributed by atoms with Gasteiger partial charge in [-0.05, 0) is 0 Å². The molecule has 0 aliphatic heterocycles. The molecule has 7 nitrogen and oxygen atoms in total. The SMILES string of the molecule is O=P(O)(O)OS(=O)(=O)[O-].[K+].[MgH2]. The molecule has 11 heteroatoms. The molecular formula is H4KMgO7PS. The minimum Gasteiger partial charge on any atom is -0.725 e. The second kappa shape index (κ2) is 6.81. The second-order valence-corrected chi connectivity index (χ2v) is 3.37. The van der Waals surface area contributed by atoms with Crippen LogP contribution in [0.4, 0.5) is 0 Å². The first kappa shape index (κ1) is 19.1. The molecule has 0 radical (unpaired) electrons. The van der Waals surface area contributed by atoms with E-state index in [9.17, 15) is 17.5 Å². The van der Waals surface area contributed by atoms with Gasteiger partial charge in [-0.3, -0.25) is 0 Å². The third-order valence-corrected chi connectivity index (χ3v) is 1.70. The Morgan fingerprint density at radius 1 is 1.36 bits per heavy atom. The third-order valence-electron chi connectivity index (χ3n) is 0.188. The van der Waals surface area contributed by atoms with E-state index in [0.717, 1.165) is 0 Å². The van der Waals surface area contributed by atoms with Crippen molar-refractivity contribution in [3.05, 3.63) is 0 Å². The van der Waals surface area contributed by atoms with Crippen LogP contribution >= 0.6 is 7.82 Å². The predicted molar refractivity (Wildman–Crippen MR) is 31.4 cm³/mol. The molecule has 0 fully saturated rings. The van der Waals surface area contributed by atoms with Crippen molar-refractivity contribution in [2.75, 3.05) is 0 Å². The Labute approximate surface area is 122 Å². The van der Waals surface area contributed by atoms with Crippen LogP contribution in [-0.4, -0.2) is 45.8 Å². The quantitative estimate of drug-likeness (QED) is 0.214. The van der Waals surface area contributed by atoms with Crippen LogP contribution in [0.1, 0.15) is 0 Å². The van der Waals surface area contributed by atoms with Gasteiger partial charge in [0.05, 0.1) is 0 Å². The maximum Gasteiger partial charge on any atom is 1.00 e. The monoisotopic (exact) mass is 242 g/mol. The molecule has 11 heavy (non-hydrogen) atoms. The molecule has 0 aromatic rings. The van der Waals surface area contributed by atoms with Crippen molar-refractivity contribution in [3.63, 3.8) is 0 Å². The van der Waals surface area contributed by atoms with Crippen molar-refractivity contribution >= 4 is 41.3 Å². The van der Waals surface area contributed by atoms with Gasteiger partial charge < -0.3 is 14.3 Å². The molecule has 0 atom stereocenters. The summed E-state index contributed by atoms with van der Waals surface area (Å²) in [4.78, 5) is 15.3. The maximum absolute atomic E-state index is 9.54. The molecule has 0 aromatic carbocycles. The molecule has 0 saturated carbocycles. The summed E-state index contributed by atoms with van der Waals surface area (Å²) in [5.41, 5.74) is 0. The van der Waals surface area contributed by atoms with Gasteiger partial charge in [-0.25, -0.2) is 13.0 Å². The first-order valence-electron chi connectivity index (χ1n) is 1.43. The summed E-state index contributed by atoms with van der Waals surface area (Å²) in [7, 11) is -10.5. The summed E-state index contributed by atoms with van der Waals surface area (Å²) in [5, 5.41) is 0. The van der Waals surface area contributed by atoms with Gasteiger partial charge in [-0.1, -0.05) is 0 Å². The molecular weight excluding hydrogens is 238 g/mol.